The highest BCUT2D eigenvalue weighted by Gasteiger charge is 2.44. The Kier molecular flexibility index (Phi) is 6.40. The zero-order valence-electron chi connectivity index (χ0n) is 16.4. The second-order valence-electron chi connectivity index (χ2n) is 7.21. The third-order valence-corrected chi connectivity index (χ3v) is 5.85. The SMILES string of the molecule is FC(F)C(F)(F)Oc1cccc(C2CCc3c(cccc3Oc3cccc(Cl)c3Cl)N2)c1. The molecule has 9 heteroatoms. The smallest absolute Gasteiger partial charge is 0.455 e. The molecule has 0 aliphatic carbocycles. The molecular weight excluding hydrogens is 469 g/mol. The lowest BCUT2D eigenvalue weighted by atomic mass is 9.93. The van der Waals surface area contributed by atoms with E-state index in [4.69, 9.17) is 27.9 Å². The van der Waals surface area contributed by atoms with Gasteiger partial charge in [0, 0.05) is 11.3 Å². The summed E-state index contributed by atoms with van der Waals surface area (Å²) in [6.45, 7) is 0. The van der Waals surface area contributed by atoms with E-state index in [2.05, 4.69) is 10.1 Å². The Morgan fingerprint density at radius 2 is 1.69 bits per heavy atom. The third kappa shape index (κ3) is 4.74. The molecule has 32 heavy (non-hydrogen) atoms. The van der Waals surface area contributed by atoms with Crippen molar-refractivity contribution < 1.29 is 27.0 Å². The number of ether oxygens (including phenoxy) is 2. The van der Waals surface area contributed by atoms with Crippen molar-refractivity contribution in [1.29, 1.82) is 0 Å². The molecule has 0 aromatic heterocycles. The molecule has 3 aromatic carbocycles. The summed E-state index contributed by atoms with van der Waals surface area (Å²) in [7, 11) is 0. The maximum absolute atomic E-state index is 13.3. The van der Waals surface area contributed by atoms with Crippen LogP contribution in [0.2, 0.25) is 10.0 Å². The summed E-state index contributed by atoms with van der Waals surface area (Å²) in [5.41, 5.74) is 2.37. The predicted molar refractivity (Wildman–Crippen MR) is 116 cm³/mol. The normalized spacial score (nSPS) is 15.8. The second-order valence-corrected chi connectivity index (χ2v) is 7.99. The van der Waals surface area contributed by atoms with Gasteiger partial charge in [-0.25, -0.2) is 0 Å². The molecule has 0 saturated carbocycles. The fraction of sp³-hybridized carbons (Fsp3) is 0.217. The molecule has 0 amide bonds. The molecule has 1 atom stereocenters. The number of benzene rings is 3. The number of hydrogen-bond acceptors (Lipinski definition) is 3. The van der Waals surface area contributed by atoms with Crippen LogP contribution in [0.3, 0.4) is 0 Å². The van der Waals surface area contributed by atoms with Crippen LogP contribution in [0.5, 0.6) is 17.2 Å². The van der Waals surface area contributed by atoms with E-state index in [0.717, 1.165) is 11.3 Å². The van der Waals surface area contributed by atoms with Crippen LogP contribution in [0.15, 0.2) is 60.7 Å². The average molecular weight is 486 g/mol. The van der Waals surface area contributed by atoms with E-state index >= 15 is 0 Å². The van der Waals surface area contributed by atoms with E-state index in [1.807, 2.05) is 18.2 Å². The molecular formula is C23H17Cl2F4NO2. The van der Waals surface area contributed by atoms with Gasteiger partial charge in [0.15, 0.2) is 0 Å². The molecule has 3 nitrogen and oxygen atoms in total. The van der Waals surface area contributed by atoms with E-state index in [1.165, 1.54) is 18.2 Å². The van der Waals surface area contributed by atoms with Gasteiger partial charge in [0.25, 0.3) is 0 Å². The van der Waals surface area contributed by atoms with Gasteiger partial charge in [-0.2, -0.15) is 17.6 Å². The maximum atomic E-state index is 13.3. The first kappa shape index (κ1) is 22.6. The second kappa shape index (κ2) is 9.08. The fourth-order valence-electron chi connectivity index (χ4n) is 3.53. The zero-order chi connectivity index (χ0) is 22.9. The Labute approximate surface area is 191 Å². The number of hydrogen-bond donors (Lipinski definition) is 1. The topological polar surface area (TPSA) is 30.5 Å². The number of rotatable bonds is 6. The van der Waals surface area contributed by atoms with Crippen molar-refractivity contribution in [2.75, 3.05) is 5.32 Å². The highest BCUT2D eigenvalue weighted by molar-refractivity contribution is 6.42. The Balaban J connectivity index is 1.54. The first-order chi connectivity index (χ1) is 15.2. The number of fused-ring (bicyclic) bond motifs is 1. The van der Waals surface area contributed by atoms with Crippen LogP contribution in [0.25, 0.3) is 0 Å². The van der Waals surface area contributed by atoms with Gasteiger partial charge in [0.1, 0.15) is 22.3 Å². The summed E-state index contributed by atoms with van der Waals surface area (Å²) < 4.78 is 61.6. The highest BCUT2D eigenvalue weighted by atomic mass is 35.5. The molecule has 1 unspecified atom stereocenters. The Bertz CT molecular complexity index is 1130. The largest absolute Gasteiger partial charge is 0.461 e. The summed E-state index contributed by atoms with van der Waals surface area (Å²) >= 11 is 12.3. The molecule has 3 aromatic rings. The van der Waals surface area contributed by atoms with E-state index in [0.29, 0.717) is 39.9 Å². The quantitative estimate of drug-likeness (QED) is 0.357. The van der Waals surface area contributed by atoms with Crippen molar-refractivity contribution in [2.45, 2.75) is 31.4 Å². The fourth-order valence-corrected chi connectivity index (χ4v) is 3.86. The molecule has 168 valence electrons. The minimum Gasteiger partial charge on any atom is -0.455 e. The van der Waals surface area contributed by atoms with Crippen molar-refractivity contribution in [1.82, 2.24) is 0 Å². The Hall–Kier alpha value is -2.64. The summed E-state index contributed by atoms with van der Waals surface area (Å²) in [5, 5.41) is 4.04. The molecule has 0 saturated heterocycles. The molecule has 0 spiro atoms. The van der Waals surface area contributed by atoms with Gasteiger partial charge in [-0.1, -0.05) is 47.5 Å². The Morgan fingerprint density at radius 3 is 2.47 bits per heavy atom. The molecule has 4 rings (SSSR count). The van der Waals surface area contributed by atoms with Crippen LogP contribution in [-0.2, 0) is 6.42 Å². The van der Waals surface area contributed by atoms with Gasteiger partial charge in [-0.15, -0.1) is 0 Å². The van der Waals surface area contributed by atoms with Gasteiger partial charge in [-0.3, -0.25) is 0 Å². The maximum Gasteiger partial charge on any atom is 0.461 e. The van der Waals surface area contributed by atoms with Crippen molar-refractivity contribution in [3.63, 3.8) is 0 Å². The van der Waals surface area contributed by atoms with Crippen LogP contribution in [0.1, 0.15) is 23.6 Å². The van der Waals surface area contributed by atoms with Crippen LogP contribution in [0.4, 0.5) is 23.2 Å². The number of halogens is 6. The van der Waals surface area contributed by atoms with E-state index in [-0.39, 0.29) is 11.8 Å². The summed E-state index contributed by atoms with van der Waals surface area (Å²) in [6, 6.07) is 16.2. The number of anilines is 1. The van der Waals surface area contributed by atoms with Crippen LogP contribution in [-0.4, -0.2) is 12.5 Å². The van der Waals surface area contributed by atoms with Crippen molar-refractivity contribution in [3.8, 4) is 17.2 Å². The van der Waals surface area contributed by atoms with Gasteiger partial charge in [-0.05, 0) is 54.8 Å². The first-order valence-corrected chi connectivity index (χ1v) is 10.5. The van der Waals surface area contributed by atoms with E-state index in [1.54, 1.807) is 24.3 Å². The molecule has 1 N–H and O–H groups in total. The lowest BCUT2D eigenvalue weighted by Crippen LogP contribution is -2.33. The van der Waals surface area contributed by atoms with Crippen LogP contribution >= 0.6 is 23.2 Å². The first-order valence-electron chi connectivity index (χ1n) is 9.70. The minimum absolute atomic E-state index is 0.226. The van der Waals surface area contributed by atoms with Gasteiger partial charge >= 0.3 is 12.5 Å². The van der Waals surface area contributed by atoms with Crippen molar-refractivity contribution in [3.05, 3.63) is 81.8 Å². The van der Waals surface area contributed by atoms with Crippen molar-refractivity contribution in [2.24, 2.45) is 0 Å². The summed E-state index contributed by atoms with van der Waals surface area (Å²) in [5.74, 6) is 0.721. The highest BCUT2D eigenvalue weighted by Crippen LogP contribution is 2.42. The third-order valence-electron chi connectivity index (χ3n) is 5.05. The van der Waals surface area contributed by atoms with E-state index < -0.39 is 12.5 Å². The van der Waals surface area contributed by atoms with Gasteiger partial charge in [0.2, 0.25) is 0 Å². The predicted octanol–water partition coefficient (Wildman–Crippen LogP) is 8.12. The summed E-state index contributed by atoms with van der Waals surface area (Å²) in [6.07, 6.45) is -7.23. The average Bonchev–Trinajstić information content (AvgIpc) is 2.76. The summed E-state index contributed by atoms with van der Waals surface area (Å²) in [4.78, 5) is 0. The molecule has 0 bridgehead atoms. The van der Waals surface area contributed by atoms with Crippen LogP contribution in [0, 0.1) is 0 Å². The lowest BCUT2D eigenvalue weighted by Gasteiger charge is -2.29. The minimum atomic E-state index is -4.56. The monoisotopic (exact) mass is 485 g/mol. The number of nitrogens with one attached hydrogen (secondary N) is 1. The Morgan fingerprint density at radius 1 is 0.969 bits per heavy atom. The number of alkyl halides is 4. The molecule has 0 radical (unpaired) electrons. The molecule has 1 aliphatic rings. The molecule has 1 aliphatic heterocycles. The molecule has 0 fully saturated rings. The zero-order valence-corrected chi connectivity index (χ0v) is 17.9. The van der Waals surface area contributed by atoms with Crippen molar-refractivity contribution >= 4 is 28.9 Å². The standard InChI is InChI=1S/C23H17Cl2F4NO2/c24-16-6-2-9-20(21(16)25)31-19-8-3-7-18-15(19)10-11-17(30-18)13-4-1-5-14(12-13)32-23(28,29)22(26)27/h1-9,12,17,22,30H,10-11H2. The van der Waals surface area contributed by atoms with E-state index in [9.17, 15) is 17.6 Å². The lowest BCUT2D eigenvalue weighted by molar-refractivity contribution is -0.253. The van der Waals surface area contributed by atoms with Crippen LogP contribution < -0.4 is 14.8 Å². The van der Waals surface area contributed by atoms with Gasteiger partial charge in [0.05, 0.1) is 11.1 Å². The van der Waals surface area contributed by atoms with Gasteiger partial charge < -0.3 is 14.8 Å². The molecule has 1 heterocycles.